The Kier molecular flexibility index (Phi) is 5.48. The topological polar surface area (TPSA) is 80.3 Å². The van der Waals surface area contributed by atoms with Gasteiger partial charge in [-0.05, 0) is 53.8 Å². The van der Waals surface area contributed by atoms with E-state index in [1.165, 1.54) is 11.1 Å². The van der Waals surface area contributed by atoms with Gasteiger partial charge < -0.3 is 15.4 Å². The number of benzene rings is 2. The molecular weight excluding hydrogens is 378 g/mol. The number of rotatable bonds is 5. The number of fused-ring (bicyclic) bond motifs is 3. The fourth-order valence-electron chi connectivity index (χ4n) is 3.89. The maximum atomic E-state index is 12.2. The summed E-state index contributed by atoms with van der Waals surface area (Å²) in [6.07, 6.45) is -0.625. The number of pyridine rings is 1. The van der Waals surface area contributed by atoms with Crippen molar-refractivity contribution in [3.05, 3.63) is 83.0 Å². The van der Waals surface area contributed by atoms with E-state index < -0.39 is 6.09 Å². The van der Waals surface area contributed by atoms with E-state index in [1.807, 2.05) is 44.2 Å². The maximum absolute atomic E-state index is 12.2. The van der Waals surface area contributed by atoms with Crippen LogP contribution in [-0.4, -0.2) is 30.1 Å². The molecule has 2 N–H and O–H groups in total. The number of hydrogen-bond acceptors (Lipinski definition) is 4. The maximum Gasteiger partial charge on any atom is 0.407 e. The number of nitrogens with one attached hydrogen (secondary N) is 2. The minimum Gasteiger partial charge on any atom is -0.449 e. The summed E-state index contributed by atoms with van der Waals surface area (Å²) >= 11 is 0. The Morgan fingerprint density at radius 1 is 0.967 bits per heavy atom. The summed E-state index contributed by atoms with van der Waals surface area (Å²) in [5.41, 5.74) is 6.44. The molecule has 1 aliphatic carbocycles. The molecule has 0 radical (unpaired) electrons. The lowest BCUT2D eigenvalue weighted by Gasteiger charge is -2.14. The summed E-state index contributed by atoms with van der Waals surface area (Å²) in [6, 6.07) is 20.0. The second kappa shape index (κ2) is 8.37. The van der Waals surface area contributed by atoms with Crippen LogP contribution in [-0.2, 0) is 9.53 Å². The summed E-state index contributed by atoms with van der Waals surface area (Å²) in [4.78, 5) is 28.5. The van der Waals surface area contributed by atoms with Crippen molar-refractivity contribution in [3.8, 4) is 11.1 Å². The number of anilines is 1. The second-order valence-electron chi connectivity index (χ2n) is 7.40. The zero-order valence-electron chi connectivity index (χ0n) is 16.9. The fraction of sp³-hybridized carbons (Fsp3) is 0.208. The highest BCUT2D eigenvalue weighted by molar-refractivity contribution is 5.93. The number of aryl methyl sites for hydroxylation is 2. The Morgan fingerprint density at radius 3 is 2.23 bits per heavy atom. The van der Waals surface area contributed by atoms with Crippen LogP contribution in [0.5, 0.6) is 0 Å². The highest BCUT2D eigenvalue weighted by Gasteiger charge is 2.29. The van der Waals surface area contributed by atoms with E-state index in [2.05, 4.69) is 39.9 Å². The SMILES string of the molecule is Cc1cc(C)nc(NC(=O)CNC(=O)OCC2c3ccccc3-c3ccccc32)c1. The average molecular weight is 401 g/mol. The molecule has 2 aromatic carbocycles. The molecule has 2 amide bonds. The van der Waals surface area contributed by atoms with Crippen LogP contribution in [0.25, 0.3) is 11.1 Å². The highest BCUT2D eigenvalue weighted by Crippen LogP contribution is 2.44. The van der Waals surface area contributed by atoms with Gasteiger partial charge in [0.1, 0.15) is 19.0 Å². The van der Waals surface area contributed by atoms with Crippen molar-refractivity contribution < 1.29 is 14.3 Å². The van der Waals surface area contributed by atoms with Crippen LogP contribution in [0.3, 0.4) is 0 Å². The number of carbonyl (C=O) groups is 2. The van der Waals surface area contributed by atoms with Gasteiger partial charge >= 0.3 is 6.09 Å². The molecule has 30 heavy (non-hydrogen) atoms. The van der Waals surface area contributed by atoms with E-state index in [9.17, 15) is 9.59 Å². The zero-order valence-corrected chi connectivity index (χ0v) is 16.9. The lowest BCUT2D eigenvalue weighted by molar-refractivity contribution is -0.115. The first-order chi connectivity index (χ1) is 14.5. The van der Waals surface area contributed by atoms with Crippen molar-refractivity contribution in [1.82, 2.24) is 10.3 Å². The summed E-state index contributed by atoms with van der Waals surface area (Å²) < 4.78 is 5.43. The van der Waals surface area contributed by atoms with E-state index >= 15 is 0 Å². The molecule has 0 saturated carbocycles. The Bertz CT molecular complexity index is 1040. The largest absolute Gasteiger partial charge is 0.449 e. The third kappa shape index (κ3) is 4.17. The smallest absolute Gasteiger partial charge is 0.407 e. The number of aromatic nitrogens is 1. The van der Waals surface area contributed by atoms with E-state index in [1.54, 1.807) is 6.07 Å². The van der Waals surface area contributed by atoms with Gasteiger partial charge in [0.15, 0.2) is 0 Å². The quantitative estimate of drug-likeness (QED) is 0.672. The lowest BCUT2D eigenvalue weighted by Crippen LogP contribution is -2.34. The highest BCUT2D eigenvalue weighted by atomic mass is 16.5. The van der Waals surface area contributed by atoms with Gasteiger partial charge in [-0.1, -0.05) is 48.5 Å². The van der Waals surface area contributed by atoms with Crippen LogP contribution in [0.15, 0.2) is 60.7 Å². The molecule has 1 heterocycles. The molecule has 3 aromatic rings. The molecule has 0 bridgehead atoms. The molecule has 0 fully saturated rings. The summed E-state index contributed by atoms with van der Waals surface area (Å²) in [7, 11) is 0. The molecule has 152 valence electrons. The summed E-state index contributed by atoms with van der Waals surface area (Å²) in [6.45, 7) is 3.81. The fourth-order valence-corrected chi connectivity index (χ4v) is 3.89. The van der Waals surface area contributed by atoms with Crippen molar-refractivity contribution >= 4 is 17.8 Å². The van der Waals surface area contributed by atoms with Gasteiger partial charge in [-0.25, -0.2) is 9.78 Å². The van der Waals surface area contributed by atoms with E-state index in [4.69, 9.17) is 4.74 Å². The molecule has 0 saturated heterocycles. The Balaban J connectivity index is 1.32. The minimum absolute atomic E-state index is 0.0172. The summed E-state index contributed by atoms with van der Waals surface area (Å²) in [5, 5.41) is 5.18. The number of carbonyl (C=O) groups excluding carboxylic acids is 2. The van der Waals surface area contributed by atoms with Gasteiger partial charge in [0, 0.05) is 11.6 Å². The standard InChI is InChI=1S/C24H23N3O3/c1-15-11-16(2)26-22(12-15)27-23(28)13-25-24(29)30-14-21-19-9-5-3-7-17(19)18-8-4-6-10-20(18)21/h3-12,21H,13-14H2,1-2H3,(H,25,29)(H,26,27,28). The predicted octanol–water partition coefficient (Wildman–Crippen LogP) is 4.18. The Hall–Kier alpha value is -3.67. The Morgan fingerprint density at radius 2 is 1.60 bits per heavy atom. The molecule has 0 unspecified atom stereocenters. The third-order valence-electron chi connectivity index (χ3n) is 5.10. The lowest BCUT2D eigenvalue weighted by atomic mass is 9.98. The first-order valence-electron chi connectivity index (χ1n) is 9.85. The minimum atomic E-state index is -0.625. The molecule has 0 spiro atoms. The Labute approximate surface area is 175 Å². The predicted molar refractivity (Wildman–Crippen MR) is 115 cm³/mol. The normalized spacial score (nSPS) is 12.1. The monoisotopic (exact) mass is 401 g/mol. The van der Waals surface area contributed by atoms with Gasteiger partial charge in [-0.2, -0.15) is 0 Å². The van der Waals surface area contributed by atoms with Crippen molar-refractivity contribution in [3.63, 3.8) is 0 Å². The second-order valence-corrected chi connectivity index (χ2v) is 7.40. The van der Waals surface area contributed by atoms with E-state index in [0.29, 0.717) is 5.82 Å². The van der Waals surface area contributed by atoms with Gasteiger partial charge in [0.25, 0.3) is 0 Å². The van der Waals surface area contributed by atoms with Crippen molar-refractivity contribution in [1.29, 1.82) is 0 Å². The number of alkyl carbamates (subject to hydrolysis) is 1. The number of amides is 2. The third-order valence-corrected chi connectivity index (χ3v) is 5.10. The molecule has 0 aliphatic heterocycles. The molecule has 6 heteroatoms. The van der Waals surface area contributed by atoms with Gasteiger partial charge in [-0.3, -0.25) is 4.79 Å². The average Bonchev–Trinajstić information content (AvgIpc) is 3.04. The number of ether oxygens (including phenoxy) is 1. The van der Waals surface area contributed by atoms with Gasteiger partial charge in [0.2, 0.25) is 5.91 Å². The summed E-state index contributed by atoms with van der Waals surface area (Å²) in [5.74, 6) is 0.0873. The molecule has 1 aromatic heterocycles. The zero-order chi connectivity index (χ0) is 21.1. The van der Waals surface area contributed by atoms with E-state index in [-0.39, 0.29) is 25.0 Å². The molecule has 0 atom stereocenters. The molecular formula is C24H23N3O3. The molecule has 4 rings (SSSR count). The van der Waals surface area contributed by atoms with Gasteiger partial charge in [-0.15, -0.1) is 0 Å². The van der Waals surface area contributed by atoms with Crippen LogP contribution >= 0.6 is 0 Å². The molecule has 6 nitrogen and oxygen atoms in total. The van der Waals surface area contributed by atoms with Crippen molar-refractivity contribution in [2.24, 2.45) is 0 Å². The van der Waals surface area contributed by atoms with Crippen molar-refractivity contribution in [2.75, 3.05) is 18.5 Å². The number of nitrogens with zero attached hydrogens (tertiary/aromatic N) is 1. The van der Waals surface area contributed by atoms with E-state index in [0.717, 1.165) is 22.4 Å². The first kappa shape index (κ1) is 19.6. The van der Waals surface area contributed by atoms with Crippen molar-refractivity contribution in [2.45, 2.75) is 19.8 Å². The van der Waals surface area contributed by atoms with Crippen LogP contribution in [0.2, 0.25) is 0 Å². The molecule has 1 aliphatic rings. The number of hydrogen-bond donors (Lipinski definition) is 2. The first-order valence-corrected chi connectivity index (χ1v) is 9.85. The van der Waals surface area contributed by atoms with Crippen LogP contribution < -0.4 is 10.6 Å². The van der Waals surface area contributed by atoms with Crippen LogP contribution in [0.1, 0.15) is 28.3 Å². The van der Waals surface area contributed by atoms with Crippen LogP contribution in [0, 0.1) is 13.8 Å². The van der Waals surface area contributed by atoms with Gasteiger partial charge in [0.05, 0.1) is 0 Å². The van der Waals surface area contributed by atoms with Crippen LogP contribution in [0.4, 0.5) is 10.6 Å².